The van der Waals surface area contributed by atoms with E-state index in [2.05, 4.69) is 5.32 Å². The molecule has 17 heavy (non-hydrogen) atoms. The van der Waals surface area contributed by atoms with E-state index in [9.17, 15) is 4.79 Å². The Morgan fingerprint density at radius 3 is 2.53 bits per heavy atom. The van der Waals surface area contributed by atoms with Crippen LogP contribution in [0, 0.1) is 5.41 Å². The Hall–Kier alpha value is -1.35. The van der Waals surface area contributed by atoms with Crippen LogP contribution in [0.4, 0.5) is 0 Å². The maximum Gasteiger partial charge on any atom is 0.220 e. The zero-order valence-electron chi connectivity index (χ0n) is 10.6. The number of hydrogen-bond acceptors (Lipinski definition) is 2. The third-order valence-electron chi connectivity index (χ3n) is 2.76. The first kappa shape index (κ1) is 13.7. The summed E-state index contributed by atoms with van der Waals surface area (Å²) < 4.78 is 0. The molecule has 3 heteroatoms. The van der Waals surface area contributed by atoms with Crippen LogP contribution in [0.15, 0.2) is 30.3 Å². The van der Waals surface area contributed by atoms with Gasteiger partial charge in [-0.2, -0.15) is 0 Å². The Labute approximate surface area is 103 Å². The molecule has 94 valence electrons. The first-order valence-corrected chi connectivity index (χ1v) is 5.95. The van der Waals surface area contributed by atoms with Crippen molar-refractivity contribution >= 4 is 5.91 Å². The highest BCUT2D eigenvalue weighted by atomic mass is 16.3. The smallest absolute Gasteiger partial charge is 0.220 e. The summed E-state index contributed by atoms with van der Waals surface area (Å²) in [5.74, 6) is 0.0345. The van der Waals surface area contributed by atoms with Gasteiger partial charge < -0.3 is 10.4 Å². The molecule has 2 N–H and O–H groups in total. The molecule has 0 unspecified atom stereocenters. The second-order valence-corrected chi connectivity index (χ2v) is 5.08. The maximum atomic E-state index is 11.7. The van der Waals surface area contributed by atoms with Crippen molar-refractivity contribution in [2.24, 2.45) is 5.41 Å². The summed E-state index contributed by atoms with van der Waals surface area (Å²) in [6.45, 7) is 4.67. The summed E-state index contributed by atoms with van der Waals surface area (Å²) in [6, 6.07) is 9.84. The lowest BCUT2D eigenvalue weighted by Gasteiger charge is -2.22. The van der Waals surface area contributed by atoms with Crippen LogP contribution in [0.2, 0.25) is 0 Å². The number of amides is 1. The summed E-state index contributed by atoms with van der Waals surface area (Å²) in [6.07, 6.45) is 1.09. The van der Waals surface area contributed by atoms with Crippen molar-refractivity contribution in [2.75, 3.05) is 6.61 Å². The zero-order valence-corrected chi connectivity index (χ0v) is 10.6. The van der Waals surface area contributed by atoms with Gasteiger partial charge in [-0.1, -0.05) is 44.2 Å². The Bertz CT molecular complexity index is 346. The third-order valence-corrected chi connectivity index (χ3v) is 2.76. The minimum Gasteiger partial charge on any atom is -0.396 e. The average Bonchev–Trinajstić information content (AvgIpc) is 2.27. The molecule has 0 aromatic heterocycles. The van der Waals surface area contributed by atoms with Crippen molar-refractivity contribution in [3.63, 3.8) is 0 Å². The van der Waals surface area contributed by atoms with Crippen LogP contribution in [0.5, 0.6) is 0 Å². The Balaban J connectivity index is 2.35. The largest absolute Gasteiger partial charge is 0.396 e. The summed E-state index contributed by atoms with van der Waals surface area (Å²) >= 11 is 0. The van der Waals surface area contributed by atoms with Gasteiger partial charge in [0.05, 0.1) is 0 Å². The van der Waals surface area contributed by atoms with Crippen LogP contribution in [0.25, 0.3) is 0 Å². The number of nitrogens with one attached hydrogen (secondary N) is 1. The first-order valence-electron chi connectivity index (χ1n) is 5.95. The molecule has 0 saturated carbocycles. The van der Waals surface area contributed by atoms with E-state index in [1.165, 1.54) is 0 Å². The summed E-state index contributed by atoms with van der Waals surface area (Å²) in [4.78, 5) is 11.7. The van der Waals surface area contributed by atoms with Crippen molar-refractivity contribution < 1.29 is 9.90 Å². The van der Waals surface area contributed by atoms with Crippen molar-refractivity contribution in [3.8, 4) is 0 Å². The van der Waals surface area contributed by atoms with E-state index < -0.39 is 0 Å². The molecule has 0 bridgehead atoms. The summed E-state index contributed by atoms with van der Waals surface area (Å²) in [7, 11) is 0. The molecule has 0 saturated heterocycles. The van der Waals surface area contributed by atoms with E-state index in [0.29, 0.717) is 19.4 Å². The van der Waals surface area contributed by atoms with Gasteiger partial charge >= 0.3 is 0 Å². The molecule has 1 amide bonds. The van der Waals surface area contributed by atoms with Gasteiger partial charge in [-0.05, 0) is 17.4 Å². The summed E-state index contributed by atoms with van der Waals surface area (Å²) in [5, 5.41) is 11.8. The normalized spacial score (nSPS) is 11.2. The fourth-order valence-corrected chi connectivity index (χ4v) is 1.68. The van der Waals surface area contributed by atoms with E-state index in [-0.39, 0.29) is 17.9 Å². The van der Waals surface area contributed by atoms with Crippen LogP contribution in [0.3, 0.4) is 0 Å². The van der Waals surface area contributed by atoms with E-state index >= 15 is 0 Å². The molecule has 0 spiro atoms. The second-order valence-electron chi connectivity index (χ2n) is 5.08. The molecule has 0 radical (unpaired) electrons. The number of aliphatic hydroxyl groups excluding tert-OH is 1. The number of carbonyl (C=O) groups excluding carboxylic acids is 1. The Kier molecular flexibility index (Phi) is 5.16. The quantitative estimate of drug-likeness (QED) is 0.793. The van der Waals surface area contributed by atoms with E-state index in [4.69, 9.17) is 5.11 Å². The van der Waals surface area contributed by atoms with E-state index in [0.717, 1.165) is 5.56 Å². The average molecular weight is 235 g/mol. The second kappa shape index (κ2) is 6.40. The van der Waals surface area contributed by atoms with Crippen LogP contribution in [-0.2, 0) is 11.3 Å². The predicted octanol–water partition coefficient (Wildman–Crippen LogP) is 2.10. The van der Waals surface area contributed by atoms with E-state index in [1.807, 2.05) is 44.2 Å². The zero-order chi connectivity index (χ0) is 12.7. The minimum atomic E-state index is -0.143. The predicted molar refractivity (Wildman–Crippen MR) is 68.4 cm³/mol. The van der Waals surface area contributed by atoms with Crippen LogP contribution < -0.4 is 5.32 Å². The van der Waals surface area contributed by atoms with Crippen LogP contribution in [-0.4, -0.2) is 17.6 Å². The van der Waals surface area contributed by atoms with Gasteiger partial charge in [0.2, 0.25) is 5.91 Å². The SMILES string of the molecule is CC(C)(CCO)CC(=O)NCc1ccccc1. The highest BCUT2D eigenvalue weighted by Gasteiger charge is 2.20. The number of rotatable bonds is 6. The standard InChI is InChI=1S/C14H21NO2/c1-14(2,8-9-16)10-13(17)15-11-12-6-4-3-5-7-12/h3-7,16H,8-11H2,1-2H3,(H,15,17). The molecule has 0 aliphatic heterocycles. The number of aliphatic hydroxyl groups is 1. The van der Waals surface area contributed by atoms with Gasteiger partial charge in [-0.25, -0.2) is 0 Å². The highest BCUT2D eigenvalue weighted by molar-refractivity contribution is 5.76. The van der Waals surface area contributed by atoms with Crippen molar-refractivity contribution in [1.82, 2.24) is 5.32 Å². The fraction of sp³-hybridized carbons (Fsp3) is 0.500. The topological polar surface area (TPSA) is 49.3 Å². The molecule has 1 aromatic rings. The van der Waals surface area contributed by atoms with Crippen LogP contribution >= 0.6 is 0 Å². The number of benzene rings is 1. The van der Waals surface area contributed by atoms with Crippen molar-refractivity contribution in [1.29, 1.82) is 0 Å². The monoisotopic (exact) mass is 235 g/mol. The molecule has 1 rings (SSSR count). The molecule has 0 aliphatic carbocycles. The van der Waals surface area contributed by atoms with E-state index in [1.54, 1.807) is 0 Å². The highest BCUT2D eigenvalue weighted by Crippen LogP contribution is 2.24. The van der Waals surface area contributed by atoms with Gasteiger partial charge in [0, 0.05) is 19.6 Å². The molecule has 1 aromatic carbocycles. The Morgan fingerprint density at radius 1 is 1.29 bits per heavy atom. The lowest BCUT2D eigenvalue weighted by Crippen LogP contribution is -2.29. The van der Waals surface area contributed by atoms with Crippen molar-refractivity contribution in [2.45, 2.75) is 33.2 Å². The molecular weight excluding hydrogens is 214 g/mol. The number of hydrogen-bond donors (Lipinski definition) is 2. The lowest BCUT2D eigenvalue weighted by molar-refractivity contribution is -0.123. The Morgan fingerprint density at radius 2 is 1.94 bits per heavy atom. The molecule has 0 aliphatic rings. The van der Waals surface area contributed by atoms with Crippen LogP contribution in [0.1, 0.15) is 32.3 Å². The summed E-state index contributed by atoms with van der Waals surface area (Å²) in [5.41, 5.74) is 0.955. The first-order chi connectivity index (χ1) is 8.03. The molecular formula is C14H21NO2. The van der Waals surface area contributed by atoms with Gasteiger partial charge in [0.15, 0.2) is 0 Å². The molecule has 0 atom stereocenters. The minimum absolute atomic E-state index is 0.0345. The van der Waals surface area contributed by atoms with Crippen molar-refractivity contribution in [3.05, 3.63) is 35.9 Å². The molecule has 0 fully saturated rings. The fourth-order valence-electron chi connectivity index (χ4n) is 1.68. The van der Waals surface area contributed by atoms with Gasteiger partial charge in [0.25, 0.3) is 0 Å². The third kappa shape index (κ3) is 5.50. The molecule has 0 heterocycles. The number of carbonyl (C=O) groups is 1. The van der Waals surface area contributed by atoms with Gasteiger partial charge in [-0.3, -0.25) is 4.79 Å². The van der Waals surface area contributed by atoms with Gasteiger partial charge in [0.1, 0.15) is 0 Å². The maximum absolute atomic E-state index is 11.7. The lowest BCUT2D eigenvalue weighted by atomic mass is 9.86. The van der Waals surface area contributed by atoms with Gasteiger partial charge in [-0.15, -0.1) is 0 Å². The molecule has 3 nitrogen and oxygen atoms in total.